The molecule has 2 aromatic heterocycles. The molecule has 16 heteroatoms. The predicted molar refractivity (Wildman–Crippen MR) is 224 cm³/mol. The normalized spacial score (nSPS) is 14.3. The molecule has 5 amide bonds. The molecule has 0 spiro atoms. The summed E-state index contributed by atoms with van der Waals surface area (Å²) >= 11 is 0. The van der Waals surface area contributed by atoms with Gasteiger partial charge in [-0.25, -0.2) is 4.79 Å². The van der Waals surface area contributed by atoms with E-state index in [9.17, 15) is 33.9 Å². The first kappa shape index (κ1) is 43.6. The fourth-order valence-corrected chi connectivity index (χ4v) is 6.79. The minimum absolute atomic E-state index is 0.00754. The maximum Gasteiger partial charge on any atom is 0.326 e. The van der Waals surface area contributed by atoms with Crippen LogP contribution in [0, 0.1) is 0 Å². The van der Waals surface area contributed by atoms with Crippen LogP contribution in [0.2, 0.25) is 0 Å². The number of benzene rings is 3. The van der Waals surface area contributed by atoms with Crippen LogP contribution in [0.1, 0.15) is 49.8 Å². The molecule has 0 aliphatic carbocycles. The van der Waals surface area contributed by atoms with Gasteiger partial charge in [-0.2, -0.15) is 0 Å². The Kier molecular flexibility index (Phi) is 15.3. The molecule has 6 atom stereocenters. The SMILES string of the molecule is C[C@H](N)C(=O)N[C@@H](Cc1c[nH]c2ccccc12)C(=O)N[C@@H](C)C(=O)N[C@@H](Cc1c[nH]c2ccccc12)C(=O)N[C@@H](Cc1ccccc1)C(=O)N[C@@H](CCCCN)C(=O)O. The van der Waals surface area contributed by atoms with Gasteiger partial charge in [0.15, 0.2) is 0 Å². The van der Waals surface area contributed by atoms with Crippen molar-refractivity contribution in [2.45, 2.75) is 88.6 Å². The van der Waals surface area contributed by atoms with Gasteiger partial charge in [0.25, 0.3) is 0 Å². The van der Waals surface area contributed by atoms with E-state index in [-0.39, 0.29) is 25.7 Å². The Morgan fingerprint density at radius 1 is 0.576 bits per heavy atom. The second kappa shape index (κ2) is 20.8. The van der Waals surface area contributed by atoms with E-state index >= 15 is 0 Å². The molecule has 0 aliphatic rings. The van der Waals surface area contributed by atoms with Gasteiger partial charge in [-0.15, -0.1) is 0 Å². The molecule has 12 N–H and O–H groups in total. The van der Waals surface area contributed by atoms with Crippen LogP contribution in [0.4, 0.5) is 0 Å². The number of hydrogen-bond donors (Lipinski definition) is 10. The van der Waals surface area contributed by atoms with Gasteiger partial charge in [-0.05, 0) is 68.5 Å². The molecular formula is C43H53N9O7. The Bertz CT molecular complexity index is 2240. The summed E-state index contributed by atoms with van der Waals surface area (Å²) in [6.45, 7) is 3.31. The number of nitrogens with two attached hydrogens (primary N) is 2. The zero-order valence-electron chi connectivity index (χ0n) is 33.1. The van der Waals surface area contributed by atoms with E-state index in [4.69, 9.17) is 11.5 Å². The lowest BCUT2D eigenvalue weighted by atomic mass is 10.0. The number of carbonyl (C=O) groups excluding carboxylic acids is 5. The third-order valence-electron chi connectivity index (χ3n) is 10.1. The van der Waals surface area contributed by atoms with Crippen molar-refractivity contribution in [3.8, 4) is 0 Å². The smallest absolute Gasteiger partial charge is 0.326 e. The summed E-state index contributed by atoms with van der Waals surface area (Å²) < 4.78 is 0. The lowest BCUT2D eigenvalue weighted by Gasteiger charge is -2.26. The molecule has 0 radical (unpaired) electrons. The van der Waals surface area contributed by atoms with Gasteiger partial charge >= 0.3 is 5.97 Å². The molecule has 16 nitrogen and oxygen atoms in total. The second-order valence-electron chi connectivity index (χ2n) is 14.7. The van der Waals surface area contributed by atoms with Crippen molar-refractivity contribution in [1.82, 2.24) is 36.6 Å². The number of fused-ring (bicyclic) bond motifs is 2. The van der Waals surface area contributed by atoms with E-state index < -0.39 is 71.8 Å². The summed E-state index contributed by atoms with van der Waals surface area (Å²) in [5.41, 5.74) is 15.2. The molecule has 0 bridgehead atoms. The summed E-state index contributed by atoms with van der Waals surface area (Å²) in [5, 5.41) is 25.0. The minimum atomic E-state index is -1.26. The Hall–Kier alpha value is -6.52. The van der Waals surface area contributed by atoms with Gasteiger partial charge < -0.3 is 53.1 Å². The van der Waals surface area contributed by atoms with Crippen molar-refractivity contribution < 1.29 is 33.9 Å². The Morgan fingerprint density at radius 2 is 1.03 bits per heavy atom. The number of hydrogen-bond acceptors (Lipinski definition) is 8. The van der Waals surface area contributed by atoms with Crippen molar-refractivity contribution >= 4 is 57.3 Å². The summed E-state index contributed by atoms with van der Waals surface area (Å²) in [7, 11) is 0. The first-order valence-electron chi connectivity index (χ1n) is 19.7. The molecule has 0 unspecified atom stereocenters. The van der Waals surface area contributed by atoms with E-state index in [0.29, 0.717) is 30.5 Å². The van der Waals surface area contributed by atoms with Crippen LogP contribution in [0.3, 0.4) is 0 Å². The second-order valence-corrected chi connectivity index (χ2v) is 14.7. The van der Waals surface area contributed by atoms with E-state index in [2.05, 4.69) is 36.6 Å². The lowest BCUT2D eigenvalue weighted by molar-refractivity contribution is -0.142. The number of aromatic amines is 2. The number of amides is 5. The first-order chi connectivity index (χ1) is 28.3. The molecule has 5 aromatic rings. The van der Waals surface area contributed by atoms with E-state index in [1.54, 1.807) is 42.7 Å². The number of carbonyl (C=O) groups is 6. The summed E-state index contributed by atoms with van der Waals surface area (Å²) in [5.74, 6) is -4.57. The number of aromatic nitrogens is 2. The Balaban J connectivity index is 1.37. The van der Waals surface area contributed by atoms with Crippen LogP contribution in [-0.2, 0) is 48.0 Å². The maximum absolute atomic E-state index is 14.3. The van der Waals surface area contributed by atoms with Gasteiger partial charge in [0, 0.05) is 53.5 Å². The van der Waals surface area contributed by atoms with Crippen LogP contribution in [-0.4, -0.2) is 93.4 Å². The number of rotatable bonds is 21. The standard InChI is InChI=1S/C43H53N9O7/c1-25(45)38(53)50-36(21-28-23-46-32-16-8-6-14-30(28)32)40(55)48-26(2)39(54)51-37(22-29-24-47-33-17-9-7-15-31(29)33)42(57)52-35(20-27-12-4-3-5-13-27)41(56)49-34(43(58)59)18-10-11-19-44/h3-9,12-17,23-26,34-37,46-47H,10-11,18-22,44-45H2,1-2H3,(H,48,55)(H,49,56)(H,50,53)(H,51,54)(H,52,57)(H,58,59)/t25-,26-,34-,35-,36-,37-/m0/s1. The molecule has 312 valence electrons. The number of carboxylic acid groups (broad SMARTS) is 1. The highest BCUT2D eigenvalue weighted by Gasteiger charge is 2.32. The quantitative estimate of drug-likeness (QED) is 0.0483. The molecular weight excluding hydrogens is 755 g/mol. The van der Waals surface area contributed by atoms with Crippen LogP contribution in [0.15, 0.2) is 91.3 Å². The highest BCUT2D eigenvalue weighted by molar-refractivity contribution is 5.97. The highest BCUT2D eigenvalue weighted by Crippen LogP contribution is 2.21. The highest BCUT2D eigenvalue weighted by atomic mass is 16.4. The molecule has 0 aliphatic heterocycles. The number of aliphatic carboxylic acids is 1. The third-order valence-corrected chi connectivity index (χ3v) is 10.1. The Labute approximate surface area is 341 Å². The van der Waals surface area contributed by atoms with Crippen LogP contribution in [0.25, 0.3) is 21.8 Å². The minimum Gasteiger partial charge on any atom is -0.480 e. The topological polar surface area (TPSA) is 266 Å². The van der Waals surface area contributed by atoms with Gasteiger partial charge in [0.1, 0.15) is 30.2 Å². The number of unbranched alkanes of at least 4 members (excludes halogenated alkanes) is 1. The number of carboxylic acids is 1. The fraction of sp³-hybridized carbons (Fsp3) is 0.349. The van der Waals surface area contributed by atoms with Gasteiger partial charge in [0.05, 0.1) is 6.04 Å². The monoisotopic (exact) mass is 807 g/mol. The third kappa shape index (κ3) is 12.0. The van der Waals surface area contributed by atoms with Crippen molar-refractivity contribution in [3.05, 3.63) is 108 Å². The zero-order chi connectivity index (χ0) is 42.5. The molecule has 0 fully saturated rings. The summed E-state index contributed by atoms with van der Waals surface area (Å²) in [6, 6.07) is 17.0. The van der Waals surface area contributed by atoms with E-state index in [0.717, 1.165) is 27.4 Å². The Morgan fingerprint density at radius 3 is 1.56 bits per heavy atom. The van der Waals surface area contributed by atoms with Crippen LogP contribution < -0.4 is 38.1 Å². The molecule has 3 aromatic carbocycles. The predicted octanol–water partition coefficient (Wildman–Crippen LogP) is 1.68. The summed E-state index contributed by atoms with van der Waals surface area (Å²) in [4.78, 5) is 86.9. The number of H-pyrrole nitrogens is 2. The van der Waals surface area contributed by atoms with Crippen molar-refractivity contribution in [2.75, 3.05) is 6.54 Å². The number of para-hydroxylation sites is 2. The van der Waals surface area contributed by atoms with Crippen LogP contribution in [0.5, 0.6) is 0 Å². The van der Waals surface area contributed by atoms with Crippen molar-refractivity contribution in [2.24, 2.45) is 11.5 Å². The molecule has 0 saturated heterocycles. The van der Waals surface area contributed by atoms with Gasteiger partial charge in [0.2, 0.25) is 29.5 Å². The largest absolute Gasteiger partial charge is 0.480 e. The molecule has 59 heavy (non-hydrogen) atoms. The fourth-order valence-electron chi connectivity index (χ4n) is 6.79. The van der Waals surface area contributed by atoms with E-state index in [1.165, 1.54) is 13.8 Å². The maximum atomic E-state index is 14.3. The van der Waals surface area contributed by atoms with Gasteiger partial charge in [-0.1, -0.05) is 66.7 Å². The van der Waals surface area contributed by atoms with Crippen molar-refractivity contribution in [3.63, 3.8) is 0 Å². The molecule has 5 rings (SSSR count). The van der Waals surface area contributed by atoms with Crippen LogP contribution >= 0.6 is 0 Å². The van der Waals surface area contributed by atoms with Crippen molar-refractivity contribution in [1.29, 1.82) is 0 Å². The number of nitrogens with one attached hydrogen (secondary N) is 7. The summed E-state index contributed by atoms with van der Waals surface area (Å²) in [6.07, 6.45) is 4.78. The first-order valence-corrected chi connectivity index (χ1v) is 19.7. The van der Waals surface area contributed by atoms with Gasteiger partial charge in [-0.3, -0.25) is 24.0 Å². The van der Waals surface area contributed by atoms with E-state index in [1.807, 2.05) is 48.5 Å². The molecule has 2 heterocycles. The average Bonchev–Trinajstić information content (AvgIpc) is 3.83. The average molecular weight is 808 g/mol. The lowest BCUT2D eigenvalue weighted by Crippen LogP contribution is -2.59. The zero-order valence-corrected chi connectivity index (χ0v) is 33.1. The molecule has 0 saturated carbocycles.